The first-order valence-corrected chi connectivity index (χ1v) is 6.41. The first-order valence-electron chi connectivity index (χ1n) is 6.41. The summed E-state index contributed by atoms with van der Waals surface area (Å²) in [6, 6.07) is 1.80. The Morgan fingerprint density at radius 1 is 1.43 bits per heavy atom. The Balaban J connectivity index is 2.09. The third-order valence-corrected chi connectivity index (χ3v) is 3.08. The standard InChI is InChI=1S/C13H16N4O4/c1-7-5-11-15-6-9(8(2)17(11)16-7)12(19)14-4-3-10(18)13(20)21/h5-6,10,18H,3-4H2,1-2H3,(H,14,19)(H,20,21)/t10-/m0/s1. The molecule has 8 heteroatoms. The average Bonchev–Trinajstić information content (AvgIpc) is 2.80. The van der Waals surface area contributed by atoms with Gasteiger partial charge in [0.2, 0.25) is 0 Å². The Hall–Kier alpha value is -2.48. The molecule has 0 fully saturated rings. The van der Waals surface area contributed by atoms with Crippen molar-refractivity contribution in [1.29, 1.82) is 0 Å². The Morgan fingerprint density at radius 3 is 2.81 bits per heavy atom. The van der Waals surface area contributed by atoms with Gasteiger partial charge < -0.3 is 15.5 Å². The van der Waals surface area contributed by atoms with Gasteiger partial charge in [-0.3, -0.25) is 4.79 Å². The zero-order valence-electron chi connectivity index (χ0n) is 11.7. The van der Waals surface area contributed by atoms with Crippen molar-refractivity contribution in [1.82, 2.24) is 19.9 Å². The predicted molar refractivity (Wildman–Crippen MR) is 73.1 cm³/mol. The van der Waals surface area contributed by atoms with Crippen LogP contribution in [-0.2, 0) is 4.79 Å². The van der Waals surface area contributed by atoms with E-state index >= 15 is 0 Å². The first kappa shape index (κ1) is 14.9. The zero-order valence-corrected chi connectivity index (χ0v) is 11.7. The molecule has 1 atom stereocenters. The molecule has 0 aliphatic rings. The van der Waals surface area contributed by atoms with Gasteiger partial charge in [-0.25, -0.2) is 14.3 Å². The number of rotatable bonds is 5. The van der Waals surface area contributed by atoms with Gasteiger partial charge in [0.25, 0.3) is 5.91 Å². The van der Waals surface area contributed by atoms with Crippen molar-refractivity contribution in [3.63, 3.8) is 0 Å². The SMILES string of the molecule is Cc1cc2ncc(C(=O)NCC[C@H](O)C(=O)O)c(C)n2n1. The lowest BCUT2D eigenvalue weighted by molar-refractivity contribution is -0.146. The number of carboxylic acids is 1. The Labute approximate surface area is 120 Å². The third-order valence-electron chi connectivity index (χ3n) is 3.08. The number of aliphatic hydroxyl groups is 1. The van der Waals surface area contributed by atoms with E-state index in [1.54, 1.807) is 17.5 Å². The van der Waals surface area contributed by atoms with Crippen LogP contribution in [0, 0.1) is 13.8 Å². The molecule has 21 heavy (non-hydrogen) atoms. The fraction of sp³-hybridized carbons (Fsp3) is 0.385. The number of aliphatic carboxylic acids is 1. The molecule has 0 spiro atoms. The molecule has 112 valence electrons. The maximum absolute atomic E-state index is 12.0. The summed E-state index contributed by atoms with van der Waals surface area (Å²) in [5.41, 5.74) is 2.45. The topological polar surface area (TPSA) is 117 Å². The fourth-order valence-corrected chi connectivity index (χ4v) is 1.93. The van der Waals surface area contributed by atoms with Gasteiger partial charge in [0.1, 0.15) is 0 Å². The number of carbonyl (C=O) groups excluding carboxylic acids is 1. The molecule has 0 aromatic carbocycles. The molecule has 0 unspecified atom stereocenters. The molecule has 0 aliphatic heterocycles. The van der Waals surface area contributed by atoms with Crippen molar-refractivity contribution in [3.8, 4) is 0 Å². The second-order valence-corrected chi connectivity index (χ2v) is 4.71. The van der Waals surface area contributed by atoms with E-state index in [1.165, 1.54) is 6.20 Å². The number of nitrogens with one attached hydrogen (secondary N) is 1. The van der Waals surface area contributed by atoms with E-state index in [0.717, 1.165) is 5.69 Å². The number of aryl methyl sites for hydroxylation is 2. The number of amides is 1. The molecule has 3 N–H and O–H groups in total. The highest BCUT2D eigenvalue weighted by atomic mass is 16.4. The van der Waals surface area contributed by atoms with E-state index in [4.69, 9.17) is 10.2 Å². The van der Waals surface area contributed by atoms with Gasteiger partial charge in [0.15, 0.2) is 11.8 Å². The van der Waals surface area contributed by atoms with Crippen LogP contribution in [-0.4, -0.2) is 49.3 Å². The maximum atomic E-state index is 12.0. The maximum Gasteiger partial charge on any atom is 0.332 e. The zero-order chi connectivity index (χ0) is 15.6. The minimum absolute atomic E-state index is 0.0575. The molecule has 0 radical (unpaired) electrons. The molecule has 1 amide bonds. The van der Waals surface area contributed by atoms with Gasteiger partial charge in [0.05, 0.1) is 17.0 Å². The summed E-state index contributed by atoms with van der Waals surface area (Å²) in [5, 5.41) is 24.5. The normalized spacial score (nSPS) is 12.3. The van der Waals surface area contributed by atoms with Gasteiger partial charge in [-0.2, -0.15) is 5.10 Å². The van der Waals surface area contributed by atoms with Gasteiger partial charge >= 0.3 is 5.97 Å². The summed E-state index contributed by atoms with van der Waals surface area (Å²) < 4.78 is 1.58. The summed E-state index contributed by atoms with van der Waals surface area (Å²) in [4.78, 5) is 26.7. The minimum atomic E-state index is -1.49. The lowest BCUT2D eigenvalue weighted by Gasteiger charge is -2.09. The number of fused-ring (bicyclic) bond motifs is 1. The highest BCUT2D eigenvalue weighted by Gasteiger charge is 2.16. The van der Waals surface area contributed by atoms with Crippen LogP contribution < -0.4 is 5.32 Å². The van der Waals surface area contributed by atoms with E-state index in [9.17, 15) is 9.59 Å². The van der Waals surface area contributed by atoms with Crippen molar-refractivity contribution in [2.75, 3.05) is 6.54 Å². The fourth-order valence-electron chi connectivity index (χ4n) is 1.93. The second kappa shape index (κ2) is 5.88. The van der Waals surface area contributed by atoms with Crippen LogP contribution >= 0.6 is 0 Å². The lowest BCUT2D eigenvalue weighted by Crippen LogP contribution is -2.30. The molecule has 8 nitrogen and oxygen atoms in total. The van der Waals surface area contributed by atoms with Crippen LogP contribution in [0.3, 0.4) is 0 Å². The van der Waals surface area contributed by atoms with E-state index in [1.807, 2.05) is 6.92 Å². The monoisotopic (exact) mass is 292 g/mol. The number of nitrogens with zero attached hydrogens (tertiary/aromatic N) is 3. The van der Waals surface area contributed by atoms with Crippen molar-refractivity contribution < 1.29 is 19.8 Å². The number of aromatic nitrogens is 3. The lowest BCUT2D eigenvalue weighted by atomic mass is 10.2. The second-order valence-electron chi connectivity index (χ2n) is 4.71. The van der Waals surface area contributed by atoms with Crippen molar-refractivity contribution in [2.24, 2.45) is 0 Å². The van der Waals surface area contributed by atoms with Crippen LogP contribution in [0.1, 0.15) is 28.2 Å². The summed E-state index contributed by atoms with van der Waals surface area (Å²) >= 11 is 0. The first-order chi connectivity index (χ1) is 9.90. The number of aliphatic hydroxyl groups excluding tert-OH is 1. The van der Waals surface area contributed by atoms with Crippen molar-refractivity contribution >= 4 is 17.5 Å². The number of carbonyl (C=O) groups is 2. The van der Waals surface area contributed by atoms with Gasteiger partial charge in [0, 0.05) is 25.2 Å². The molecule has 0 aliphatic carbocycles. The van der Waals surface area contributed by atoms with Crippen LogP contribution in [0.2, 0.25) is 0 Å². The Morgan fingerprint density at radius 2 is 2.14 bits per heavy atom. The largest absolute Gasteiger partial charge is 0.479 e. The summed E-state index contributed by atoms with van der Waals surface area (Å²) in [7, 11) is 0. The molecule has 2 aromatic heterocycles. The van der Waals surface area contributed by atoms with Crippen LogP contribution in [0.15, 0.2) is 12.3 Å². The van der Waals surface area contributed by atoms with E-state index in [0.29, 0.717) is 16.9 Å². The van der Waals surface area contributed by atoms with Crippen molar-refractivity contribution in [3.05, 3.63) is 29.2 Å². The Kier molecular flexibility index (Phi) is 4.18. The van der Waals surface area contributed by atoms with Crippen LogP contribution in [0.5, 0.6) is 0 Å². The number of carboxylic acid groups (broad SMARTS) is 1. The summed E-state index contributed by atoms with van der Waals surface area (Å²) in [6.07, 6.45) is -0.0911. The number of hydrogen-bond donors (Lipinski definition) is 3. The highest BCUT2D eigenvalue weighted by Crippen LogP contribution is 2.10. The van der Waals surface area contributed by atoms with E-state index < -0.39 is 12.1 Å². The van der Waals surface area contributed by atoms with Gasteiger partial charge in [-0.1, -0.05) is 0 Å². The average molecular weight is 292 g/mol. The van der Waals surface area contributed by atoms with E-state index in [-0.39, 0.29) is 18.9 Å². The third kappa shape index (κ3) is 3.16. The highest BCUT2D eigenvalue weighted by molar-refractivity contribution is 5.95. The van der Waals surface area contributed by atoms with Crippen molar-refractivity contribution in [2.45, 2.75) is 26.4 Å². The smallest absolute Gasteiger partial charge is 0.332 e. The molecule has 0 bridgehead atoms. The molecule has 0 saturated heterocycles. The molecule has 2 heterocycles. The van der Waals surface area contributed by atoms with E-state index in [2.05, 4.69) is 15.4 Å². The Bertz CT molecular complexity index is 695. The molecular formula is C13H16N4O4. The number of hydrogen-bond acceptors (Lipinski definition) is 5. The van der Waals surface area contributed by atoms with Crippen LogP contribution in [0.25, 0.3) is 5.65 Å². The molecule has 2 rings (SSSR count). The molecular weight excluding hydrogens is 276 g/mol. The minimum Gasteiger partial charge on any atom is -0.479 e. The quantitative estimate of drug-likeness (QED) is 0.709. The summed E-state index contributed by atoms with van der Waals surface area (Å²) in [5.74, 6) is -1.69. The van der Waals surface area contributed by atoms with Gasteiger partial charge in [-0.05, 0) is 13.8 Å². The van der Waals surface area contributed by atoms with Crippen LogP contribution in [0.4, 0.5) is 0 Å². The molecule has 2 aromatic rings. The van der Waals surface area contributed by atoms with Gasteiger partial charge in [-0.15, -0.1) is 0 Å². The predicted octanol–water partition coefficient (Wildman–Crippen LogP) is -0.0885. The summed E-state index contributed by atoms with van der Waals surface area (Å²) in [6.45, 7) is 3.64. The molecule has 0 saturated carbocycles.